The summed E-state index contributed by atoms with van der Waals surface area (Å²) in [6.45, 7) is 0.496. The summed E-state index contributed by atoms with van der Waals surface area (Å²) in [7, 11) is 0. The Bertz CT molecular complexity index is 856. The lowest BCUT2D eigenvalue weighted by Gasteiger charge is -2.43. The van der Waals surface area contributed by atoms with E-state index in [1.807, 2.05) is 35.2 Å². The SMILES string of the molecule is [N-]=[N+]=NC1COC[C@H](N2c3ccccc3Oc3cc(Cl)ccc32)[C@H]1O. The molecule has 1 N–H and O–H groups in total. The predicted octanol–water partition coefficient (Wildman–Crippen LogP) is 4.02. The monoisotopic (exact) mass is 358 g/mol. The summed E-state index contributed by atoms with van der Waals surface area (Å²) in [6.07, 6.45) is -0.876. The molecule has 2 aliphatic heterocycles. The molecule has 1 unspecified atom stereocenters. The van der Waals surface area contributed by atoms with Crippen molar-refractivity contribution < 1.29 is 14.6 Å². The second-order valence-electron chi connectivity index (χ2n) is 5.92. The summed E-state index contributed by atoms with van der Waals surface area (Å²) >= 11 is 6.10. The molecule has 0 radical (unpaired) electrons. The molecule has 8 heteroatoms. The number of aliphatic hydroxyl groups is 1. The average Bonchev–Trinajstić information content (AvgIpc) is 2.62. The highest BCUT2D eigenvalue weighted by atomic mass is 35.5. The number of para-hydroxylation sites is 2. The molecule has 2 heterocycles. The number of hydrogen-bond donors (Lipinski definition) is 1. The van der Waals surface area contributed by atoms with E-state index >= 15 is 0 Å². The van der Waals surface area contributed by atoms with Crippen molar-refractivity contribution in [2.75, 3.05) is 18.1 Å². The second-order valence-corrected chi connectivity index (χ2v) is 6.36. The van der Waals surface area contributed by atoms with Gasteiger partial charge in [-0.2, -0.15) is 0 Å². The molecule has 7 nitrogen and oxygen atoms in total. The maximum absolute atomic E-state index is 10.8. The summed E-state index contributed by atoms with van der Waals surface area (Å²) in [5, 5.41) is 15.0. The molecule has 0 bridgehead atoms. The van der Waals surface area contributed by atoms with Gasteiger partial charge in [-0.3, -0.25) is 0 Å². The number of fused-ring (bicyclic) bond motifs is 2. The maximum Gasteiger partial charge on any atom is 0.152 e. The first kappa shape index (κ1) is 16.1. The van der Waals surface area contributed by atoms with E-state index in [2.05, 4.69) is 10.0 Å². The molecule has 0 saturated carbocycles. The van der Waals surface area contributed by atoms with Crippen LogP contribution in [0.2, 0.25) is 5.02 Å². The molecule has 25 heavy (non-hydrogen) atoms. The molecule has 2 aromatic rings. The molecule has 4 rings (SSSR count). The minimum absolute atomic E-state index is 0.196. The Morgan fingerprint density at radius 2 is 1.96 bits per heavy atom. The van der Waals surface area contributed by atoms with Crippen molar-refractivity contribution in [1.82, 2.24) is 0 Å². The van der Waals surface area contributed by atoms with Gasteiger partial charge in [0.05, 0.1) is 42.8 Å². The van der Waals surface area contributed by atoms with Gasteiger partial charge in [-0.25, -0.2) is 0 Å². The normalized spacial score (nSPS) is 24.6. The number of azide groups is 1. The second kappa shape index (κ2) is 6.46. The van der Waals surface area contributed by atoms with E-state index in [-0.39, 0.29) is 6.61 Å². The van der Waals surface area contributed by atoms with Crippen LogP contribution in [-0.2, 0) is 4.74 Å². The van der Waals surface area contributed by atoms with Crippen molar-refractivity contribution in [2.45, 2.75) is 18.2 Å². The third kappa shape index (κ3) is 2.77. The zero-order valence-electron chi connectivity index (χ0n) is 13.1. The Labute approximate surface area is 149 Å². The Balaban J connectivity index is 1.82. The molecule has 128 valence electrons. The van der Waals surface area contributed by atoms with E-state index in [1.165, 1.54) is 0 Å². The Morgan fingerprint density at radius 1 is 1.16 bits per heavy atom. The lowest BCUT2D eigenvalue weighted by molar-refractivity contribution is -0.0193. The van der Waals surface area contributed by atoms with Gasteiger partial charge in [-0.1, -0.05) is 28.8 Å². The van der Waals surface area contributed by atoms with Crippen LogP contribution in [0.15, 0.2) is 47.6 Å². The van der Waals surface area contributed by atoms with Crippen molar-refractivity contribution in [1.29, 1.82) is 0 Å². The Morgan fingerprint density at radius 3 is 2.80 bits per heavy atom. The van der Waals surface area contributed by atoms with Crippen LogP contribution in [-0.4, -0.2) is 36.5 Å². The molecule has 1 fully saturated rings. The van der Waals surface area contributed by atoms with E-state index in [4.69, 9.17) is 26.6 Å². The largest absolute Gasteiger partial charge is 0.453 e. The molecule has 0 spiro atoms. The Hall–Kier alpha value is -2.44. The van der Waals surface area contributed by atoms with Crippen molar-refractivity contribution in [3.63, 3.8) is 0 Å². The summed E-state index contributed by atoms with van der Waals surface area (Å²) in [5.41, 5.74) is 10.3. The van der Waals surface area contributed by atoms with Gasteiger partial charge in [0.25, 0.3) is 0 Å². The van der Waals surface area contributed by atoms with Gasteiger partial charge in [-0.15, -0.1) is 0 Å². The zero-order valence-corrected chi connectivity index (χ0v) is 13.9. The van der Waals surface area contributed by atoms with Gasteiger partial charge in [0.15, 0.2) is 11.5 Å². The molecule has 0 aliphatic carbocycles. The molecule has 0 amide bonds. The van der Waals surface area contributed by atoms with E-state index in [0.717, 1.165) is 11.4 Å². The van der Waals surface area contributed by atoms with Crippen molar-refractivity contribution in [3.8, 4) is 11.5 Å². The van der Waals surface area contributed by atoms with E-state index < -0.39 is 18.2 Å². The summed E-state index contributed by atoms with van der Waals surface area (Å²) in [6, 6.07) is 11.8. The van der Waals surface area contributed by atoms with Crippen LogP contribution in [0.25, 0.3) is 10.4 Å². The van der Waals surface area contributed by atoms with E-state index in [0.29, 0.717) is 23.1 Å². The minimum atomic E-state index is -0.876. The number of ether oxygens (including phenoxy) is 2. The number of rotatable bonds is 2. The molecule has 2 aliphatic rings. The fourth-order valence-corrected chi connectivity index (χ4v) is 3.44. The van der Waals surface area contributed by atoms with E-state index in [9.17, 15) is 5.11 Å². The van der Waals surface area contributed by atoms with Crippen LogP contribution < -0.4 is 9.64 Å². The van der Waals surface area contributed by atoms with Crippen LogP contribution in [0.1, 0.15) is 0 Å². The first-order valence-electron chi connectivity index (χ1n) is 7.84. The van der Waals surface area contributed by atoms with Gasteiger partial charge in [0.1, 0.15) is 0 Å². The van der Waals surface area contributed by atoms with Crippen LogP contribution in [0.5, 0.6) is 11.5 Å². The number of halogens is 1. The highest BCUT2D eigenvalue weighted by molar-refractivity contribution is 6.30. The van der Waals surface area contributed by atoms with Crippen LogP contribution in [0, 0.1) is 0 Å². The van der Waals surface area contributed by atoms with Crippen LogP contribution in [0.4, 0.5) is 11.4 Å². The Kier molecular flexibility index (Phi) is 4.15. The van der Waals surface area contributed by atoms with Gasteiger partial charge < -0.3 is 19.5 Å². The van der Waals surface area contributed by atoms with E-state index in [1.54, 1.807) is 12.1 Å². The molecule has 2 aromatic carbocycles. The van der Waals surface area contributed by atoms with Crippen molar-refractivity contribution in [3.05, 3.63) is 57.9 Å². The minimum Gasteiger partial charge on any atom is -0.453 e. The topological polar surface area (TPSA) is 90.7 Å². The zero-order chi connectivity index (χ0) is 17.4. The molecular weight excluding hydrogens is 344 g/mol. The van der Waals surface area contributed by atoms with Gasteiger partial charge in [0, 0.05) is 16.0 Å². The quantitative estimate of drug-likeness (QED) is 0.498. The third-order valence-corrected chi connectivity index (χ3v) is 4.66. The van der Waals surface area contributed by atoms with Gasteiger partial charge in [-0.05, 0) is 29.8 Å². The summed E-state index contributed by atoms with van der Waals surface area (Å²) in [5.74, 6) is 1.26. The predicted molar refractivity (Wildman–Crippen MR) is 93.7 cm³/mol. The fraction of sp³-hybridized carbons (Fsp3) is 0.294. The lowest BCUT2D eigenvalue weighted by atomic mass is 9.98. The number of hydrogen-bond acceptors (Lipinski definition) is 5. The van der Waals surface area contributed by atoms with Gasteiger partial charge in [0.2, 0.25) is 0 Å². The standard InChI is InChI=1S/C17H15ClN4O3/c18-10-5-6-13-16(7-10)25-15-4-2-1-3-12(15)22(13)14-9-24-8-11(17(14)23)20-21-19/h1-7,11,14,17,23H,8-9H2/t11?,14-,17-/m0/s1. The molecular formula is C17H15ClN4O3. The summed E-state index contributed by atoms with van der Waals surface area (Å²) < 4.78 is 11.5. The van der Waals surface area contributed by atoms with Crippen molar-refractivity contribution in [2.24, 2.45) is 5.11 Å². The fourth-order valence-electron chi connectivity index (χ4n) is 3.28. The first-order valence-corrected chi connectivity index (χ1v) is 8.22. The van der Waals surface area contributed by atoms with Crippen LogP contribution >= 0.6 is 11.6 Å². The molecule has 1 saturated heterocycles. The van der Waals surface area contributed by atoms with Crippen molar-refractivity contribution >= 4 is 23.0 Å². The number of anilines is 2. The average molecular weight is 359 g/mol. The van der Waals surface area contributed by atoms with Gasteiger partial charge >= 0.3 is 0 Å². The highest BCUT2D eigenvalue weighted by Gasteiger charge is 2.40. The number of nitrogens with zero attached hydrogens (tertiary/aromatic N) is 4. The number of aliphatic hydroxyl groups excluding tert-OH is 1. The summed E-state index contributed by atoms with van der Waals surface area (Å²) in [4.78, 5) is 4.78. The first-order chi connectivity index (χ1) is 12.2. The highest BCUT2D eigenvalue weighted by Crippen LogP contribution is 2.49. The molecule has 0 aromatic heterocycles. The molecule has 3 atom stereocenters. The van der Waals surface area contributed by atoms with Crippen LogP contribution in [0.3, 0.4) is 0 Å². The number of benzene rings is 2. The lowest BCUT2D eigenvalue weighted by Crippen LogP contribution is -2.54. The third-order valence-electron chi connectivity index (χ3n) is 4.42. The maximum atomic E-state index is 10.8. The smallest absolute Gasteiger partial charge is 0.152 e.